The van der Waals surface area contributed by atoms with Crippen molar-refractivity contribution in [3.63, 3.8) is 0 Å². The lowest BCUT2D eigenvalue weighted by atomic mass is 9.78. The zero-order valence-electron chi connectivity index (χ0n) is 16.2. The molecule has 150 valence electrons. The monoisotopic (exact) mass is 403 g/mol. The molecule has 2 fully saturated rings. The lowest BCUT2D eigenvalue weighted by molar-refractivity contribution is -0.136. The fourth-order valence-corrected chi connectivity index (χ4v) is 5.94. The molecular weight excluding hydrogens is 378 g/mol. The Morgan fingerprint density at radius 1 is 1.25 bits per heavy atom. The van der Waals surface area contributed by atoms with Crippen molar-refractivity contribution in [2.75, 3.05) is 13.7 Å². The number of aromatic amines is 1. The highest BCUT2D eigenvalue weighted by atomic mass is 32.1. The number of hydrogen-bond donors (Lipinski definition) is 1. The quantitative estimate of drug-likeness (QED) is 0.796. The van der Waals surface area contributed by atoms with E-state index >= 15 is 0 Å². The molecule has 1 aliphatic heterocycles. The van der Waals surface area contributed by atoms with Crippen molar-refractivity contribution in [2.45, 2.75) is 57.9 Å². The fourth-order valence-electron chi connectivity index (χ4n) is 4.79. The molecule has 1 amide bonds. The number of amides is 1. The van der Waals surface area contributed by atoms with Gasteiger partial charge in [0.05, 0.1) is 18.9 Å². The van der Waals surface area contributed by atoms with Gasteiger partial charge in [-0.25, -0.2) is 9.78 Å². The molecular formula is C20H25N3O4S. The van der Waals surface area contributed by atoms with Crippen molar-refractivity contribution in [1.82, 2.24) is 14.9 Å². The average molecular weight is 404 g/mol. The van der Waals surface area contributed by atoms with E-state index in [1.165, 1.54) is 26.4 Å². The second kappa shape index (κ2) is 7.66. The molecule has 3 heterocycles. The van der Waals surface area contributed by atoms with Gasteiger partial charge in [0.25, 0.3) is 5.56 Å². The fraction of sp³-hybridized carbons (Fsp3) is 0.600. The normalized spacial score (nSPS) is 22.1. The number of likely N-dealkylation sites (tertiary alicyclic amines) is 1. The Morgan fingerprint density at radius 2 is 2.00 bits per heavy atom. The molecule has 0 radical (unpaired) electrons. The Bertz CT molecular complexity index is 978. The summed E-state index contributed by atoms with van der Waals surface area (Å²) in [4.78, 5) is 47.9. The van der Waals surface area contributed by atoms with Gasteiger partial charge in [-0.15, -0.1) is 11.3 Å². The number of aromatic nitrogens is 2. The van der Waals surface area contributed by atoms with E-state index < -0.39 is 5.97 Å². The summed E-state index contributed by atoms with van der Waals surface area (Å²) in [6.45, 7) is 2.45. The number of thiophene rings is 1. The van der Waals surface area contributed by atoms with Gasteiger partial charge in [-0.1, -0.05) is 12.8 Å². The zero-order chi connectivity index (χ0) is 19.8. The number of carbonyl (C=O) groups excluding carboxylic acids is 2. The Morgan fingerprint density at radius 3 is 2.79 bits per heavy atom. The molecule has 0 unspecified atom stereocenters. The number of methoxy groups -OCH3 is 1. The molecule has 1 saturated carbocycles. The van der Waals surface area contributed by atoms with E-state index in [-0.39, 0.29) is 17.9 Å². The first-order chi connectivity index (χ1) is 13.5. The summed E-state index contributed by atoms with van der Waals surface area (Å²) < 4.78 is 4.90. The zero-order valence-corrected chi connectivity index (χ0v) is 17.1. The number of carbonyl (C=O) groups is 2. The van der Waals surface area contributed by atoms with Crippen LogP contribution in [0.2, 0.25) is 0 Å². The molecule has 1 aliphatic carbocycles. The number of hydrogen-bond acceptors (Lipinski definition) is 6. The van der Waals surface area contributed by atoms with Gasteiger partial charge in [0.15, 0.2) is 0 Å². The molecule has 4 rings (SSSR count). The average Bonchev–Trinajstić information content (AvgIpc) is 3.05. The van der Waals surface area contributed by atoms with Gasteiger partial charge < -0.3 is 14.6 Å². The number of fused-ring (bicyclic) bond motifs is 2. The molecule has 0 bridgehead atoms. The molecule has 2 aliphatic rings. The molecule has 0 aromatic carbocycles. The van der Waals surface area contributed by atoms with Crippen LogP contribution in [0.5, 0.6) is 0 Å². The van der Waals surface area contributed by atoms with Gasteiger partial charge in [0.2, 0.25) is 5.91 Å². The second-order valence-corrected chi connectivity index (χ2v) is 8.75. The van der Waals surface area contributed by atoms with Gasteiger partial charge >= 0.3 is 5.97 Å². The number of piperidine rings is 1. The summed E-state index contributed by atoms with van der Waals surface area (Å²) >= 11 is 1.12. The van der Waals surface area contributed by atoms with Crippen molar-refractivity contribution in [2.24, 2.45) is 5.92 Å². The van der Waals surface area contributed by atoms with Gasteiger partial charge in [0.1, 0.15) is 15.5 Å². The van der Waals surface area contributed by atoms with Crippen LogP contribution in [0.15, 0.2) is 4.79 Å². The van der Waals surface area contributed by atoms with Crippen LogP contribution in [-0.2, 0) is 16.0 Å². The van der Waals surface area contributed by atoms with Gasteiger partial charge in [0, 0.05) is 18.2 Å². The number of H-pyrrole nitrogens is 1. The van der Waals surface area contributed by atoms with Crippen molar-refractivity contribution < 1.29 is 14.3 Å². The standard InChI is InChI=1S/C20H25N3O4S/c1-11-21-18(25)16-13(17(20(26)27-2)28-19(16)22-11)10-15(24)23-9-5-7-12-6-3-4-8-14(12)23/h12,14H,3-10H2,1-2H3,(H,21,22,25)/t12-,14+/m1/s1. The number of nitrogens with zero attached hydrogens (tertiary/aromatic N) is 2. The van der Waals surface area contributed by atoms with Gasteiger partial charge in [-0.05, 0) is 38.5 Å². The molecule has 8 heteroatoms. The van der Waals surface area contributed by atoms with E-state index in [1.54, 1.807) is 6.92 Å². The minimum atomic E-state index is -0.531. The van der Waals surface area contributed by atoms with Crippen LogP contribution < -0.4 is 5.56 Å². The summed E-state index contributed by atoms with van der Waals surface area (Å²) in [7, 11) is 1.30. The maximum Gasteiger partial charge on any atom is 0.348 e. The van der Waals surface area contributed by atoms with Crippen LogP contribution in [0.25, 0.3) is 10.2 Å². The van der Waals surface area contributed by atoms with Gasteiger partial charge in [-0.2, -0.15) is 0 Å². The van der Waals surface area contributed by atoms with Crippen molar-refractivity contribution in [3.05, 3.63) is 26.6 Å². The second-order valence-electron chi connectivity index (χ2n) is 7.75. The van der Waals surface area contributed by atoms with Crippen LogP contribution in [-0.4, -0.2) is 46.4 Å². The SMILES string of the molecule is COC(=O)c1sc2nc(C)[nH]c(=O)c2c1CC(=O)N1CCC[C@H]2CCCC[C@@H]21. The Labute approximate surface area is 167 Å². The van der Waals surface area contributed by atoms with Crippen LogP contribution >= 0.6 is 11.3 Å². The van der Waals surface area contributed by atoms with Crippen LogP contribution in [0.1, 0.15) is 59.6 Å². The predicted molar refractivity (Wildman–Crippen MR) is 107 cm³/mol. The molecule has 1 N–H and O–H groups in total. The van der Waals surface area contributed by atoms with E-state index in [9.17, 15) is 14.4 Å². The summed E-state index contributed by atoms with van der Waals surface area (Å²) in [5.41, 5.74) is 0.134. The third-order valence-electron chi connectivity index (χ3n) is 6.04. The molecule has 28 heavy (non-hydrogen) atoms. The third-order valence-corrected chi connectivity index (χ3v) is 7.15. The van der Waals surface area contributed by atoms with E-state index in [0.29, 0.717) is 38.4 Å². The Hall–Kier alpha value is -2.22. The van der Waals surface area contributed by atoms with Crippen molar-refractivity contribution >= 4 is 33.4 Å². The summed E-state index contributed by atoms with van der Waals surface area (Å²) in [5, 5.41) is 0.335. The highest BCUT2D eigenvalue weighted by molar-refractivity contribution is 7.20. The Kier molecular flexibility index (Phi) is 5.23. The maximum absolute atomic E-state index is 13.3. The summed E-state index contributed by atoms with van der Waals surface area (Å²) in [6, 6.07) is 0.292. The van der Waals surface area contributed by atoms with Crippen LogP contribution in [0, 0.1) is 12.8 Å². The molecule has 0 spiro atoms. The number of ether oxygens (including phenoxy) is 1. The number of esters is 1. The maximum atomic E-state index is 13.3. The first-order valence-corrected chi connectivity index (χ1v) is 10.7. The smallest absolute Gasteiger partial charge is 0.348 e. The first kappa shape index (κ1) is 19.1. The van der Waals surface area contributed by atoms with Crippen molar-refractivity contribution in [3.8, 4) is 0 Å². The van der Waals surface area contributed by atoms with Crippen LogP contribution in [0.3, 0.4) is 0 Å². The number of nitrogens with one attached hydrogen (secondary N) is 1. The predicted octanol–water partition coefficient (Wildman–Crippen LogP) is 2.80. The lowest BCUT2D eigenvalue weighted by Gasteiger charge is -2.44. The highest BCUT2D eigenvalue weighted by Crippen LogP contribution is 2.36. The number of rotatable bonds is 3. The molecule has 1 saturated heterocycles. The molecule has 7 nitrogen and oxygen atoms in total. The first-order valence-electron chi connectivity index (χ1n) is 9.89. The molecule has 2 atom stereocenters. The highest BCUT2D eigenvalue weighted by Gasteiger charge is 2.36. The molecule has 2 aromatic heterocycles. The summed E-state index contributed by atoms with van der Waals surface area (Å²) in [5.74, 6) is 0.519. The molecule has 2 aromatic rings. The third kappa shape index (κ3) is 3.34. The largest absolute Gasteiger partial charge is 0.465 e. The lowest BCUT2D eigenvalue weighted by Crippen LogP contribution is -2.50. The van der Waals surface area contributed by atoms with Crippen molar-refractivity contribution in [1.29, 1.82) is 0 Å². The van der Waals surface area contributed by atoms with Gasteiger partial charge in [-0.3, -0.25) is 9.59 Å². The topological polar surface area (TPSA) is 92.4 Å². The van der Waals surface area contributed by atoms with Crippen LogP contribution in [0.4, 0.5) is 0 Å². The Balaban J connectivity index is 1.71. The van der Waals surface area contributed by atoms with E-state index in [1.807, 2.05) is 4.90 Å². The minimum Gasteiger partial charge on any atom is -0.465 e. The number of aryl methyl sites for hydroxylation is 1. The minimum absolute atomic E-state index is 0.0126. The van der Waals surface area contributed by atoms with E-state index in [2.05, 4.69) is 9.97 Å². The van der Waals surface area contributed by atoms with E-state index in [0.717, 1.165) is 37.1 Å². The van der Waals surface area contributed by atoms with E-state index in [4.69, 9.17) is 4.74 Å². The summed E-state index contributed by atoms with van der Waals surface area (Å²) in [6.07, 6.45) is 6.86.